The number of aromatic nitrogens is 1. The lowest BCUT2D eigenvalue weighted by Crippen LogP contribution is -2.20. The van der Waals surface area contributed by atoms with Crippen LogP contribution in [0.3, 0.4) is 0 Å². The average Bonchev–Trinajstić information content (AvgIpc) is 2.48. The minimum atomic E-state index is -0.463. The van der Waals surface area contributed by atoms with E-state index >= 15 is 0 Å². The van der Waals surface area contributed by atoms with Crippen LogP contribution in [0.5, 0.6) is 5.88 Å². The lowest BCUT2D eigenvalue weighted by Gasteiger charge is -2.22. The van der Waals surface area contributed by atoms with E-state index in [4.69, 9.17) is 16.3 Å². The summed E-state index contributed by atoms with van der Waals surface area (Å²) < 4.78 is 5.97. The van der Waals surface area contributed by atoms with Gasteiger partial charge in [0.2, 0.25) is 5.88 Å². The van der Waals surface area contributed by atoms with Crippen LogP contribution in [0.1, 0.15) is 32.1 Å². The molecule has 1 aliphatic carbocycles. The molecule has 1 fully saturated rings. The number of ether oxygens (including phenoxy) is 1. The molecule has 0 N–H and O–H groups in total. The third-order valence-electron chi connectivity index (χ3n) is 3.84. The number of rotatable bonds is 3. The van der Waals surface area contributed by atoms with Gasteiger partial charge < -0.3 is 4.74 Å². The molecule has 0 saturated heterocycles. The Morgan fingerprint density at radius 1 is 1.19 bits per heavy atom. The Labute approximate surface area is 127 Å². The highest BCUT2D eigenvalue weighted by Crippen LogP contribution is 2.36. The monoisotopic (exact) mass is 306 g/mol. The number of hydrogen-bond donors (Lipinski definition) is 0. The summed E-state index contributed by atoms with van der Waals surface area (Å²) in [5.41, 5.74) is -0.0925. The Hall–Kier alpha value is -1.88. The van der Waals surface area contributed by atoms with Crippen molar-refractivity contribution in [1.82, 2.24) is 4.98 Å². The zero-order chi connectivity index (χ0) is 14.8. The highest BCUT2D eigenvalue weighted by atomic mass is 35.5. The topological polar surface area (TPSA) is 65.3 Å². The molecule has 0 spiro atoms. The van der Waals surface area contributed by atoms with E-state index in [-0.39, 0.29) is 16.8 Å². The molecule has 1 heterocycles. The van der Waals surface area contributed by atoms with E-state index in [1.807, 2.05) is 0 Å². The van der Waals surface area contributed by atoms with Gasteiger partial charge in [0, 0.05) is 6.20 Å². The fourth-order valence-electron chi connectivity index (χ4n) is 2.81. The molecule has 0 amide bonds. The summed E-state index contributed by atoms with van der Waals surface area (Å²) in [7, 11) is 0. The van der Waals surface area contributed by atoms with E-state index in [9.17, 15) is 10.1 Å². The molecule has 1 aromatic heterocycles. The van der Waals surface area contributed by atoms with Gasteiger partial charge in [0.25, 0.3) is 5.69 Å². The first-order valence-electron chi connectivity index (χ1n) is 7.05. The van der Waals surface area contributed by atoms with Gasteiger partial charge in [-0.3, -0.25) is 10.1 Å². The standard InChI is InChI=1S/C15H15ClN2O3/c16-13-7-6-12-11(14(13)18(19)20)8-9-17-15(12)21-10-4-2-1-3-5-10/h6-10H,1-5H2. The van der Waals surface area contributed by atoms with Gasteiger partial charge in [-0.1, -0.05) is 18.0 Å². The summed E-state index contributed by atoms with van der Waals surface area (Å²) in [5, 5.41) is 12.4. The maximum absolute atomic E-state index is 11.2. The molecule has 1 aliphatic rings. The zero-order valence-electron chi connectivity index (χ0n) is 11.4. The molecule has 6 heteroatoms. The number of hydrogen-bond acceptors (Lipinski definition) is 4. The maximum Gasteiger partial charge on any atom is 0.295 e. The summed E-state index contributed by atoms with van der Waals surface area (Å²) in [6.45, 7) is 0. The van der Waals surface area contributed by atoms with Crippen molar-refractivity contribution >= 4 is 28.1 Å². The summed E-state index contributed by atoms with van der Waals surface area (Å²) in [6, 6.07) is 4.86. The van der Waals surface area contributed by atoms with Gasteiger partial charge >= 0.3 is 0 Å². The first kappa shape index (κ1) is 14.1. The van der Waals surface area contributed by atoms with Crippen molar-refractivity contribution < 1.29 is 9.66 Å². The normalized spacial score (nSPS) is 16.0. The van der Waals surface area contributed by atoms with Gasteiger partial charge in [-0.25, -0.2) is 4.98 Å². The third kappa shape index (κ3) is 2.78. The number of nitro groups is 1. The zero-order valence-corrected chi connectivity index (χ0v) is 12.2. The molecule has 3 rings (SSSR count). The highest BCUT2D eigenvalue weighted by molar-refractivity contribution is 6.34. The SMILES string of the molecule is O=[N+]([O-])c1c(Cl)ccc2c(OC3CCCCC3)nccc12. The van der Waals surface area contributed by atoms with E-state index in [0.29, 0.717) is 16.7 Å². The molecule has 2 aromatic rings. The van der Waals surface area contributed by atoms with Gasteiger partial charge in [0.1, 0.15) is 11.1 Å². The van der Waals surface area contributed by atoms with Crippen LogP contribution in [0.4, 0.5) is 5.69 Å². The van der Waals surface area contributed by atoms with Crippen LogP contribution < -0.4 is 4.74 Å². The van der Waals surface area contributed by atoms with Gasteiger partial charge in [-0.2, -0.15) is 0 Å². The summed E-state index contributed by atoms with van der Waals surface area (Å²) in [5.74, 6) is 0.458. The quantitative estimate of drug-likeness (QED) is 0.618. The molecule has 0 atom stereocenters. The van der Waals surface area contributed by atoms with Crippen molar-refractivity contribution in [1.29, 1.82) is 0 Å². The predicted octanol–water partition coefficient (Wildman–Crippen LogP) is 4.51. The van der Waals surface area contributed by atoms with Crippen LogP contribution >= 0.6 is 11.6 Å². The molecule has 0 radical (unpaired) electrons. The molecule has 5 nitrogen and oxygen atoms in total. The van der Waals surface area contributed by atoms with Crippen molar-refractivity contribution in [2.45, 2.75) is 38.2 Å². The number of fused-ring (bicyclic) bond motifs is 1. The Bertz CT molecular complexity index is 684. The molecule has 0 unspecified atom stereocenters. The van der Waals surface area contributed by atoms with Gasteiger partial charge in [0.15, 0.2) is 0 Å². The molecule has 110 valence electrons. The highest BCUT2D eigenvalue weighted by Gasteiger charge is 2.21. The van der Waals surface area contributed by atoms with E-state index < -0.39 is 4.92 Å². The molecule has 1 saturated carbocycles. The average molecular weight is 307 g/mol. The second-order valence-corrected chi connectivity index (χ2v) is 5.65. The number of halogens is 1. The second kappa shape index (κ2) is 5.85. The molecular formula is C15H15ClN2O3. The minimum absolute atomic E-state index is 0.0925. The number of benzene rings is 1. The Kier molecular flexibility index (Phi) is 3.92. The number of pyridine rings is 1. The lowest BCUT2D eigenvalue weighted by atomic mass is 9.98. The van der Waals surface area contributed by atoms with Crippen molar-refractivity contribution in [2.24, 2.45) is 0 Å². The van der Waals surface area contributed by atoms with Gasteiger partial charge in [-0.15, -0.1) is 0 Å². The fourth-order valence-corrected chi connectivity index (χ4v) is 3.04. The van der Waals surface area contributed by atoms with Crippen molar-refractivity contribution in [3.05, 3.63) is 39.5 Å². The molecular weight excluding hydrogens is 292 g/mol. The maximum atomic E-state index is 11.2. The van der Waals surface area contributed by atoms with Crippen molar-refractivity contribution in [3.8, 4) is 5.88 Å². The van der Waals surface area contributed by atoms with E-state index in [0.717, 1.165) is 25.7 Å². The van der Waals surface area contributed by atoms with Crippen LogP contribution in [0, 0.1) is 10.1 Å². The van der Waals surface area contributed by atoms with Gasteiger partial charge in [0.05, 0.1) is 15.7 Å². The van der Waals surface area contributed by atoms with Crippen LogP contribution in [0.2, 0.25) is 5.02 Å². The van der Waals surface area contributed by atoms with Crippen molar-refractivity contribution in [2.75, 3.05) is 0 Å². The molecule has 1 aromatic carbocycles. The number of nitro benzene ring substituents is 1. The first-order valence-corrected chi connectivity index (χ1v) is 7.43. The lowest BCUT2D eigenvalue weighted by molar-refractivity contribution is -0.382. The fraction of sp³-hybridized carbons (Fsp3) is 0.400. The summed E-state index contributed by atoms with van der Waals surface area (Å²) in [6.07, 6.45) is 7.24. The summed E-state index contributed by atoms with van der Waals surface area (Å²) in [4.78, 5) is 15.0. The van der Waals surface area contributed by atoms with Crippen LogP contribution in [-0.4, -0.2) is 16.0 Å². The first-order chi connectivity index (χ1) is 10.2. The Balaban J connectivity index is 2.03. The van der Waals surface area contributed by atoms with E-state index in [1.165, 1.54) is 18.7 Å². The van der Waals surface area contributed by atoms with Crippen molar-refractivity contribution in [3.63, 3.8) is 0 Å². The largest absolute Gasteiger partial charge is 0.474 e. The molecule has 0 aliphatic heterocycles. The second-order valence-electron chi connectivity index (χ2n) is 5.24. The van der Waals surface area contributed by atoms with Crippen LogP contribution in [-0.2, 0) is 0 Å². The smallest absolute Gasteiger partial charge is 0.295 e. The van der Waals surface area contributed by atoms with E-state index in [1.54, 1.807) is 12.1 Å². The van der Waals surface area contributed by atoms with E-state index in [2.05, 4.69) is 4.98 Å². The third-order valence-corrected chi connectivity index (χ3v) is 4.15. The Morgan fingerprint density at radius 3 is 2.67 bits per heavy atom. The molecule has 0 bridgehead atoms. The van der Waals surface area contributed by atoms with Crippen LogP contribution in [0.15, 0.2) is 24.4 Å². The minimum Gasteiger partial charge on any atom is -0.474 e. The van der Waals surface area contributed by atoms with Crippen LogP contribution in [0.25, 0.3) is 10.8 Å². The number of nitrogens with zero attached hydrogens (tertiary/aromatic N) is 2. The Morgan fingerprint density at radius 2 is 1.95 bits per heavy atom. The van der Waals surface area contributed by atoms with Gasteiger partial charge in [-0.05, 0) is 43.9 Å². The predicted molar refractivity (Wildman–Crippen MR) is 80.9 cm³/mol. The summed E-state index contributed by atoms with van der Waals surface area (Å²) >= 11 is 5.94. The molecule has 21 heavy (non-hydrogen) atoms.